The van der Waals surface area contributed by atoms with Gasteiger partial charge in [0.1, 0.15) is 11.2 Å². The summed E-state index contributed by atoms with van der Waals surface area (Å²) in [5.74, 6) is 0.202. The van der Waals surface area contributed by atoms with Gasteiger partial charge in [-0.05, 0) is 33.6 Å². The van der Waals surface area contributed by atoms with Gasteiger partial charge in [-0.2, -0.15) is 5.10 Å². The molecule has 1 aromatic heterocycles. The molecule has 1 aromatic rings. The lowest BCUT2D eigenvalue weighted by molar-refractivity contribution is 0.00684. The smallest absolute Gasteiger partial charge is 0.342 e. The molecule has 0 aromatic carbocycles. The molecule has 0 atom stereocenters. The van der Waals surface area contributed by atoms with Gasteiger partial charge < -0.3 is 4.74 Å². The molecular weight excluding hydrogens is 192 g/mol. The van der Waals surface area contributed by atoms with Crippen LogP contribution in [0.1, 0.15) is 55.6 Å². The number of carbonyl (C=O) groups is 1. The molecular formula is C11H16N2O2. The van der Waals surface area contributed by atoms with Crippen LogP contribution in [0.5, 0.6) is 0 Å². The molecule has 0 aliphatic heterocycles. The first-order chi connectivity index (χ1) is 6.97. The predicted octanol–water partition coefficient (Wildman–Crippen LogP) is 2.24. The zero-order chi connectivity index (χ0) is 11.1. The van der Waals surface area contributed by atoms with Gasteiger partial charge in [-0.3, -0.25) is 5.10 Å². The molecule has 1 fully saturated rings. The van der Waals surface area contributed by atoms with Crippen LogP contribution < -0.4 is 0 Å². The van der Waals surface area contributed by atoms with Crippen molar-refractivity contribution in [3.63, 3.8) is 0 Å². The molecule has 15 heavy (non-hydrogen) atoms. The maximum Gasteiger partial charge on any atom is 0.342 e. The minimum absolute atomic E-state index is 0.279. The number of rotatable bonds is 2. The van der Waals surface area contributed by atoms with Crippen molar-refractivity contribution in [3.05, 3.63) is 17.5 Å². The van der Waals surface area contributed by atoms with E-state index in [-0.39, 0.29) is 5.97 Å². The molecule has 4 heteroatoms. The molecule has 1 saturated carbocycles. The first kappa shape index (κ1) is 10.2. The van der Waals surface area contributed by atoms with Crippen molar-refractivity contribution in [2.24, 2.45) is 0 Å². The summed E-state index contributed by atoms with van der Waals surface area (Å²) in [5.41, 5.74) is 1.08. The molecule has 0 bridgehead atoms. The number of nitrogens with one attached hydrogen (secondary N) is 1. The van der Waals surface area contributed by atoms with Crippen molar-refractivity contribution < 1.29 is 9.53 Å². The Hall–Kier alpha value is -1.32. The van der Waals surface area contributed by atoms with E-state index >= 15 is 0 Å². The molecule has 82 valence electrons. The third-order valence-corrected chi connectivity index (χ3v) is 2.27. The standard InChI is InChI=1S/C11H16N2O2/c1-11(2,3)15-10(14)8-6-12-13-9(8)7-4-5-7/h6-7H,4-5H2,1-3H3,(H,12,13). The fraction of sp³-hybridized carbons (Fsp3) is 0.636. The Morgan fingerprint density at radius 2 is 2.20 bits per heavy atom. The van der Waals surface area contributed by atoms with Gasteiger partial charge in [0.15, 0.2) is 0 Å². The number of aromatic nitrogens is 2. The van der Waals surface area contributed by atoms with E-state index in [2.05, 4.69) is 10.2 Å². The Bertz CT molecular complexity index is 372. The number of esters is 1. The normalized spacial score (nSPS) is 16.5. The number of ether oxygens (including phenoxy) is 1. The SMILES string of the molecule is CC(C)(C)OC(=O)c1cn[nH]c1C1CC1. The summed E-state index contributed by atoms with van der Waals surface area (Å²) >= 11 is 0. The van der Waals surface area contributed by atoms with Crippen LogP contribution in [0.3, 0.4) is 0 Å². The second kappa shape index (κ2) is 3.36. The van der Waals surface area contributed by atoms with Crippen molar-refractivity contribution in [2.45, 2.75) is 45.1 Å². The van der Waals surface area contributed by atoms with Crippen LogP contribution in [0.4, 0.5) is 0 Å². The number of hydrogen-bond acceptors (Lipinski definition) is 3. The summed E-state index contributed by atoms with van der Waals surface area (Å²) < 4.78 is 5.30. The van der Waals surface area contributed by atoms with E-state index in [1.807, 2.05) is 20.8 Å². The lowest BCUT2D eigenvalue weighted by atomic mass is 10.1. The topological polar surface area (TPSA) is 55.0 Å². The summed E-state index contributed by atoms with van der Waals surface area (Å²) in [6.45, 7) is 5.59. The molecule has 1 aliphatic carbocycles. The second-order valence-electron chi connectivity index (χ2n) is 4.97. The van der Waals surface area contributed by atoms with Crippen molar-refractivity contribution >= 4 is 5.97 Å². The Labute approximate surface area is 89.0 Å². The molecule has 1 aliphatic rings. The quantitative estimate of drug-likeness (QED) is 0.758. The van der Waals surface area contributed by atoms with Crippen LogP contribution >= 0.6 is 0 Å². The highest BCUT2D eigenvalue weighted by atomic mass is 16.6. The number of aromatic amines is 1. The maximum atomic E-state index is 11.8. The average molecular weight is 208 g/mol. The molecule has 0 amide bonds. The van der Waals surface area contributed by atoms with Crippen LogP contribution in [-0.4, -0.2) is 21.8 Å². The van der Waals surface area contributed by atoms with Crippen molar-refractivity contribution in [3.8, 4) is 0 Å². The fourth-order valence-electron chi connectivity index (χ4n) is 1.48. The van der Waals surface area contributed by atoms with E-state index in [0.29, 0.717) is 11.5 Å². The van der Waals surface area contributed by atoms with Crippen LogP contribution in [0.15, 0.2) is 6.20 Å². The minimum Gasteiger partial charge on any atom is -0.456 e. The van der Waals surface area contributed by atoms with E-state index in [9.17, 15) is 4.79 Å². The van der Waals surface area contributed by atoms with Gasteiger partial charge in [0.2, 0.25) is 0 Å². The highest BCUT2D eigenvalue weighted by molar-refractivity contribution is 5.90. The Morgan fingerprint density at radius 3 is 2.73 bits per heavy atom. The van der Waals surface area contributed by atoms with Crippen LogP contribution in [0.25, 0.3) is 0 Å². The number of nitrogens with zero attached hydrogens (tertiary/aromatic N) is 1. The second-order valence-corrected chi connectivity index (χ2v) is 4.97. The van der Waals surface area contributed by atoms with Crippen LogP contribution in [0, 0.1) is 0 Å². The van der Waals surface area contributed by atoms with Gasteiger partial charge in [-0.15, -0.1) is 0 Å². The zero-order valence-corrected chi connectivity index (χ0v) is 9.33. The Morgan fingerprint density at radius 1 is 1.53 bits per heavy atom. The molecule has 0 radical (unpaired) electrons. The fourth-order valence-corrected chi connectivity index (χ4v) is 1.48. The minimum atomic E-state index is -0.449. The third-order valence-electron chi connectivity index (χ3n) is 2.27. The molecule has 2 rings (SSSR count). The van der Waals surface area contributed by atoms with E-state index in [1.54, 1.807) is 6.20 Å². The molecule has 0 saturated heterocycles. The summed E-state index contributed by atoms with van der Waals surface area (Å²) in [4.78, 5) is 11.8. The Kier molecular flexibility index (Phi) is 2.29. The largest absolute Gasteiger partial charge is 0.456 e. The first-order valence-electron chi connectivity index (χ1n) is 5.24. The average Bonchev–Trinajstić information content (AvgIpc) is 2.80. The van der Waals surface area contributed by atoms with Gasteiger partial charge in [0, 0.05) is 5.92 Å². The van der Waals surface area contributed by atoms with Crippen LogP contribution in [0.2, 0.25) is 0 Å². The van der Waals surface area contributed by atoms with E-state index < -0.39 is 5.60 Å². The molecule has 4 nitrogen and oxygen atoms in total. The van der Waals surface area contributed by atoms with Gasteiger partial charge in [-0.25, -0.2) is 4.79 Å². The number of carbonyl (C=O) groups excluding carboxylic acids is 1. The van der Waals surface area contributed by atoms with Crippen molar-refractivity contribution in [2.75, 3.05) is 0 Å². The van der Waals surface area contributed by atoms with E-state index in [4.69, 9.17) is 4.74 Å². The van der Waals surface area contributed by atoms with E-state index in [1.165, 1.54) is 0 Å². The highest BCUT2D eigenvalue weighted by Crippen LogP contribution is 2.40. The third kappa shape index (κ3) is 2.37. The molecule has 0 unspecified atom stereocenters. The summed E-state index contributed by atoms with van der Waals surface area (Å²) in [6, 6.07) is 0. The van der Waals surface area contributed by atoms with Crippen molar-refractivity contribution in [1.82, 2.24) is 10.2 Å². The Balaban J connectivity index is 2.14. The molecule has 0 spiro atoms. The van der Waals surface area contributed by atoms with Crippen LogP contribution in [-0.2, 0) is 4.74 Å². The van der Waals surface area contributed by atoms with Gasteiger partial charge in [0.25, 0.3) is 0 Å². The van der Waals surface area contributed by atoms with Crippen molar-refractivity contribution in [1.29, 1.82) is 0 Å². The lowest BCUT2D eigenvalue weighted by Crippen LogP contribution is -2.24. The molecule has 1 N–H and O–H groups in total. The maximum absolute atomic E-state index is 11.8. The summed E-state index contributed by atoms with van der Waals surface area (Å²) in [6.07, 6.45) is 3.83. The number of H-pyrrole nitrogens is 1. The highest BCUT2D eigenvalue weighted by Gasteiger charge is 2.31. The van der Waals surface area contributed by atoms with Gasteiger partial charge in [-0.1, -0.05) is 0 Å². The predicted molar refractivity (Wildman–Crippen MR) is 55.7 cm³/mol. The number of hydrogen-bond donors (Lipinski definition) is 1. The molecule has 1 heterocycles. The zero-order valence-electron chi connectivity index (χ0n) is 9.33. The summed E-state index contributed by atoms with van der Waals surface area (Å²) in [5, 5.41) is 6.79. The van der Waals surface area contributed by atoms with E-state index in [0.717, 1.165) is 18.5 Å². The lowest BCUT2D eigenvalue weighted by Gasteiger charge is -2.19. The van der Waals surface area contributed by atoms with Gasteiger partial charge >= 0.3 is 5.97 Å². The van der Waals surface area contributed by atoms with Gasteiger partial charge in [0.05, 0.1) is 11.9 Å². The summed E-state index contributed by atoms with van der Waals surface area (Å²) in [7, 11) is 0. The monoisotopic (exact) mass is 208 g/mol. The first-order valence-corrected chi connectivity index (χ1v) is 5.24.